The first-order valence-corrected chi connectivity index (χ1v) is 5.22. The zero-order chi connectivity index (χ0) is 11.1. The molecule has 1 rings (SSSR count). The molecule has 0 aliphatic carbocycles. The number of rotatable bonds is 6. The molecule has 0 aromatic carbocycles. The summed E-state index contributed by atoms with van der Waals surface area (Å²) in [6.07, 6.45) is 3.64. The van der Waals surface area contributed by atoms with Crippen LogP contribution in [-0.4, -0.2) is 43.6 Å². The molecule has 84 valence electrons. The van der Waals surface area contributed by atoms with Crippen LogP contribution in [0.3, 0.4) is 0 Å². The second kappa shape index (κ2) is 6.50. The van der Waals surface area contributed by atoms with Gasteiger partial charge in [0.1, 0.15) is 0 Å². The lowest BCUT2D eigenvalue weighted by Crippen LogP contribution is -2.33. The molecule has 0 fully saturated rings. The second-order valence-electron chi connectivity index (χ2n) is 3.83. The van der Waals surface area contributed by atoms with Crippen molar-refractivity contribution in [2.75, 3.05) is 33.7 Å². The van der Waals surface area contributed by atoms with Crippen LogP contribution in [0.1, 0.15) is 11.6 Å². The molecule has 0 aliphatic heterocycles. The van der Waals surface area contributed by atoms with Crippen molar-refractivity contribution in [3.63, 3.8) is 0 Å². The molecule has 1 aromatic heterocycles. The van der Waals surface area contributed by atoms with E-state index in [9.17, 15) is 0 Å². The molecule has 1 heterocycles. The molecule has 1 aromatic rings. The number of aromatic nitrogens is 1. The average Bonchev–Trinajstić information content (AvgIpc) is 2.25. The normalized spacial score (nSPS) is 13.1. The summed E-state index contributed by atoms with van der Waals surface area (Å²) in [5, 5.41) is 3.41. The van der Waals surface area contributed by atoms with E-state index in [1.807, 2.05) is 18.3 Å². The van der Waals surface area contributed by atoms with Crippen LogP contribution in [0.4, 0.5) is 0 Å². The summed E-state index contributed by atoms with van der Waals surface area (Å²) >= 11 is 0. The average molecular weight is 208 g/mol. The van der Waals surface area contributed by atoms with Gasteiger partial charge in [-0.15, -0.1) is 0 Å². The van der Waals surface area contributed by atoms with E-state index in [1.165, 1.54) is 0 Å². The number of nitrogens with zero attached hydrogens (tertiary/aromatic N) is 2. The van der Waals surface area contributed by atoms with Gasteiger partial charge >= 0.3 is 0 Å². The first-order chi connectivity index (χ1) is 7.24. The maximum Gasteiger partial charge on any atom is 0.0460 e. The summed E-state index contributed by atoms with van der Waals surface area (Å²) in [5.74, 6) is 0. The van der Waals surface area contributed by atoms with E-state index in [4.69, 9.17) is 5.73 Å². The van der Waals surface area contributed by atoms with Gasteiger partial charge in [0.05, 0.1) is 0 Å². The molecule has 0 amide bonds. The third kappa shape index (κ3) is 4.38. The van der Waals surface area contributed by atoms with Gasteiger partial charge in [0.15, 0.2) is 0 Å². The summed E-state index contributed by atoms with van der Waals surface area (Å²) < 4.78 is 0. The van der Waals surface area contributed by atoms with E-state index in [1.54, 1.807) is 6.20 Å². The van der Waals surface area contributed by atoms with E-state index in [0.717, 1.165) is 18.7 Å². The molecule has 15 heavy (non-hydrogen) atoms. The van der Waals surface area contributed by atoms with Crippen LogP contribution in [0, 0.1) is 0 Å². The lowest BCUT2D eigenvalue weighted by molar-refractivity contribution is 0.385. The molecule has 4 heteroatoms. The number of nitrogens with one attached hydrogen (secondary N) is 1. The van der Waals surface area contributed by atoms with E-state index < -0.39 is 0 Å². The van der Waals surface area contributed by atoms with Crippen LogP contribution in [0.25, 0.3) is 0 Å². The highest BCUT2D eigenvalue weighted by molar-refractivity contribution is 5.14. The first kappa shape index (κ1) is 12.1. The quantitative estimate of drug-likeness (QED) is 0.703. The highest BCUT2D eigenvalue weighted by Crippen LogP contribution is 2.08. The molecule has 0 spiro atoms. The molecule has 0 saturated heterocycles. The van der Waals surface area contributed by atoms with Crippen LogP contribution in [0.15, 0.2) is 24.5 Å². The largest absolute Gasteiger partial charge is 0.329 e. The van der Waals surface area contributed by atoms with Gasteiger partial charge in [0.2, 0.25) is 0 Å². The van der Waals surface area contributed by atoms with E-state index in [-0.39, 0.29) is 6.04 Å². The summed E-state index contributed by atoms with van der Waals surface area (Å²) in [4.78, 5) is 6.23. The number of likely N-dealkylation sites (N-methyl/N-ethyl adjacent to an activating group) is 1. The van der Waals surface area contributed by atoms with Gasteiger partial charge in [-0.2, -0.15) is 0 Å². The Morgan fingerprint density at radius 2 is 2.33 bits per heavy atom. The van der Waals surface area contributed by atoms with Crippen molar-refractivity contribution in [2.45, 2.75) is 6.04 Å². The Balaban J connectivity index is 2.43. The van der Waals surface area contributed by atoms with Crippen molar-refractivity contribution in [1.82, 2.24) is 15.2 Å². The van der Waals surface area contributed by atoms with Crippen LogP contribution in [0.2, 0.25) is 0 Å². The minimum Gasteiger partial charge on any atom is -0.329 e. The summed E-state index contributed by atoms with van der Waals surface area (Å²) in [7, 11) is 4.12. The molecular formula is C11H20N4. The van der Waals surface area contributed by atoms with Crippen molar-refractivity contribution < 1.29 is 0 Å². The Morgan fingerprint density at radius 3 is 2.87 bits per heavy atom. The fraction of sp³-hybridized carbons (Fsp3) is 0.545. The second-order valence-corrected chi connectivity index (χ2v) is 3.83. The van der Waals surface area contributed by atoms with E-state index in [2.05, 4.69) is 29.3 Å². The molecule has 1 unspecified atom stereocenters. The molecule has 0 radical (unpaired) electrons. The Kier molecular flexibility index (Phi) is 5.25. The highest BCUT2D eigenvalue weighted by Gasteiger charge is 2.07. The lowest BCUT2D eigenvalue weighted by Gasteiger charge is -2.18. The van der Waals surface area contributed by atoms with Gasteiger partial charge in [0, 0.05) is 38.1 Å². The fourth-order valence-electron chi connectivity index (χ4n) is 1.38. The Morgan fingerprint density at radius 1 is 1.53 bits per heavy atom. The van der Waals surface area contributed by atoms with Gasteiger partial charge in [-0.05, 0) is 25.7 Å². The number of hydrogen-bond donors (Lipinski definition) is 2. The van der Waals surface area contributed by atoms with Crippen LogP contribution in [-0.2, 0) is 0 Å². The summed E-state index contributed by atoms with van der Waals surface area (Å²) in [6, 6.07) is 4.19. The van der Waals surface area contributed by atoms with Gasteiger partial charge in [-0.3, -0.25) is 4.98 Å². The van der Waals surface area contributed by atoms with Gasteiger partial charge in [-0.25, -0.2) is 0 Å². The zero-order valence-corrected chi connectivity index (χ0v) is 9.48. The minimum atomic E-state index is 0.207. The molecule has 3 N–H and O–H groups in total. The minimum absolute atomic E-state index is 0.207. The Bertz CT molecular complexity index is 261. The third-order valence-electron chi connectivity index (χ3n) is 2.27. The van der Waals surface area contributed by atoms with Gasteiger partial charge in [-0.1, -0.05) is 6.07 Å². The molecule has 4 nitrogen and oxygen atoms in total. The van der Waals surface area contributed by atoms with Crippen molar-refractivity contribution in [2.24, 2.45) is 5.73 Å². The Labute approximate surface area is 91.5 Å². The lowest BCUT2D eigenvalue weighted by atomic mass is 10.1. The third-order valence-corrected chi connectivity index (χ3v) is 2.27. The number of nitrogens with two attached hydrogens (primary N) is 1. The number of pyridine rings is 1. The predicted octanol–water partition coefficient (Wildman–Crippen LogP) is 0.233. The highest BCUT2D eigenvalue weighted by atomic mass is 15.1. The van der Waals surface area contributed by atoms with Gasteiger partial charge in [0.25, 0.3) is 0 Å². The van der Waals surface area contributed by atoms with Crippen molar-refractivity contribution in [1.29, 1.82) is 0 Å². The zero-order valence-electron chi connectivity index (χ0n) is 9.48. The van der Waals surface area contributed by atoms with E-state index >= 15 is 0 Å². The smallest absolute Gasteiger partial charge is 0.0460 e. The number of hydrogen-bond acceptors (Lipinski definition) is 4. The summed E-state index contributed by atoms with van der Waals surface area (Å²) in [5.41, 5.74) is 6.87. The van der Waals surface area contributed by atoms with Crippen molar-refractivity contribution >= 4 is 0 Å². The first-order valence-electron chi connectivity index (χ1n) is 5.22. The maximum absolute atomic E-state index is 5.72. The standard InChI is InChI=1S/C11H20N4/c1-15(2)7-6-14-11(8-12)10-4-3-5-13-9-10/h3-5,9,11,14H,6-8,12H2,1-2H3. The molecular weight excluding hydrogens is 188 g/mol. The monoisotopic (exact) mass is 208 g/mol. The Hall–Kier alpha value is -0.970. The van der Waals surface area contributed by atoms with Crippen molar-refractivity contribution in [3.05, 3.63) is 30.1 Å². The van der Waals surface area contributed by atoms with E-state index in [0.29, 0.717) is 6.54 Å². The molecule has 0 aliphatic rings. The molecule has 1 atom stereocenters. The predicted molar refractivity (Wildman–Crippen MR) is 62.6 cm³/mol. The molecule has 0 bridgehead atoms. The summed E-state index contributed by atoms with van der Waals surface area (Å²) in [6.45, 7) is 2.54. The van der Waals surface area contributed by atoms with Gasteiger partial charge < -0.3 is 16.0 Å². The fourth-order valence-corrected chi connectivity index (χ4v) is 1.38. The topological polar surface area (TPSA) is 54.2 Å². The van der Waals surface area contributed by atoms with Crippen molar-refractivity contribution in [3.8, 4) is 0 Å². The van der Waals surface area contributed by atoms with Crippen LogP contribution in [0.5, 0.6) is 0 Å². The molecule has 0 saturated carbocycles. The maximum atomic E-state index is 5.72. The van der Waals surface area contributed by atoms with Crippen LogP contribution < -0.4 is 11.1 Å². The SMILES string of the molecule is CN(C)CCNC(CN)c1cccnc1. The van der Waals surface area contributed by atoms with Crippen LogP contribution >= 0.6 is 0 Å².